The largest absolute Gasteiger partial charge is 0.508 e. The van der Waals surface area contributed by atoms with E-state index in [1.165, 1.54) is 30.1 Å². The van der Waals surface area contributed by atoms with Gasteiger partial charge >= 0.3 is 6.09 Å². The number of phenolic OH excluding ortho intramolecular Hbond substituents is 2. The summed E-state index contributed by atoms with van der Waals surface area (Å²) in [5.74, 6) is -0.691. The van der Waals surface area contributed by atoms with Crippen LogP contribution in [0.5, 0.6) is 11.5 Å². The molecule has 4 N–H and O–H groups in total. The first-order valence-corrected chi connectivity index (χ1v) is 12.9. The maximum atomic E-state index is 13.8. The minimum atomic E-state index is -1.05. The van der Waals surface area contributed by atoms with Gasteiger partial charge in [0.15, 0.2) is 0 Å². The molecule has 208 valence electrons. The maximum absolute atomic E-state index is 13.8. The summed E-state index contributed by atoms with van der Waals surface area (Å²) in [7, 11) is 1.52. The molecule has 2 aromatic rings. The molecule has 0 aliphatic carbocycles. The molecule has 0 heterocycles. The molecule has 0 saturated heterocycles. The van der Waals surface area contributed by atoms with Crippen LogP contribution in [0.4, 0.5) is 4.79 Å². The fourth-order valence-electron chi connectivity index (χ4n) is 3.97. The lowest BCUT2D eigenvalue weighted by Gasteiger charge is -2.32. The third-order valence-electron chi connectivity index (χ3n) is 5.96. The van der Waals surface area contributed by atoms with E-state index in [0.717, 1.165) is 19.3 Å². The molecule has 0 saturated carbocycles. The van der Waals surface area contributed by atoms with Crippen LogP contribution in [0.15, 0.2) is 42.5 Å². The number of unbranched alkanes of at least 4 members (excludes halogenated alkanes) is 2. The molecule has 0 radical (unpaired) electrons. The number of hydrogen-bond donors (Lipinski definition) is 4. The summed E-state index contributed by atoms with van der Waals surface area (Å²) in [6, 6.07) is 9.05. The standard InChI is InChI=1S/C29H41N3O6/c1-7-8-9-16-30-26(35)25(21-12-15-24(34)19(2)17-21)32(6)27(36)23(31-28(37)38-29(3,4)5)18-20-10-13-22(33)14-11-20/h10-15,17,23,25,33-34H,7-9,16,18H2,1-6H3,(H,30,35)(H,31,37). The van der Waals surface area contributed by atoms with Crippen LogP contribution < -0.4 is 10.6 Å². The quantitative estimate of drug-likeness (QED) is 0.322. The molecule has 9 nitrogen and oxygen atoms in total. The van der Waals surface area contributed by atoms with Gasteiger partial charge in [-0.25, -0.2) is 4.79 Å². The number of nitrogens with zero attached hydrogens (tertiary/aromatic N) is 1. The Balaban J connectivity index is 2.39. The first-order chi connectivity index (χ1) is 17.8. The Hall–Kier alpha value is -3.75. The number of hydrogen-bond acceptors (Lipinski definition) is 6. The van der Waals surface area contributed by atoms with Crippen molar-refractivity contribution in [3.05, 3.63) is 59.2 Å². The molecular formula is C29H41N3O6. The highest BCUT2D eigenvalue weighted by Gasteiger charge is 2.34. The Bertz CT molecular complexity index is 1090. The molecule has 2 unspecified atom stereocenters. The van der Waals surface area contributed by atoms with Gasteiger partial charge in [-0.1, -0.05) is 38.0 Å². The number of carbonyl (C=O) groups excluding carboxylic acids is 3. The molecule has 3 amide bonds. The molecular weight excluding hydrogens is 486 g/mol. The molecule has 0 aliphatic heterocycles. The number of aryl methyl sites for hydroxylation is 1. The molecule has 38 heavy (non-hydrogen) atoms. The van der Waals surface area contributed by atoms with Crippen LogP contribution in [0, 0.1) is 6.92 Å². The van der Waals surface area contributed by atoms with Crippen LogP contribution >= 0.6 is 0 Å². The van der Waals surface area contributed by atoms with Crippen LogP contribution in [0.1, 0.15) is 69.7 Å². The van der Waals surface area contributed by atoms with E-state index in [9.17, 15) is 24.6 Å². The van der Waals surface area contributed by atoms with Gasteiger partial charge in [0.1, 0.15) is 29.2 Å². The van der Waals surface area contributed by atoms with E-state index in [1.54, 1.807) is 52.0 Å². The smallest absolute Gasteiger partial charge is 0.408 e. The van der Waals surface area contributed by atoms with E-state index in [0.29, 0.717) is 23.2 Å². The Labute approximate surface area is 225 Å². The second kappa shape index (κ2) is 13.7. The van der Waals surface area contributed by atoms with Gasteiger partial charge in [0.05, 0.1) is 0 Å². The molecule has 0 fully saturated rings. The molecule has 9 heteroatoms. The fourth-order valence-corrected chi connectivity index (χ4v) is 3.97. The fraction of sp³-hybridized carbons (Fsp3) is 0.483. The lowest BCUT2D eigenvalue weighted by atomic mass is 9.99. The van der Waals surface area contributed by atoms with Crippen molar-refractivity contribution in [1.29, 1.82) is 0 Å². The second-order valence-electron chi connectivity index (χ2n) is 10.5. The van der Waals surface area contributed by atoms with E-state index < -0.39 is 29.7 Å². The summed E-state index contributed by atoms with van der Waals surface area (Å²) in [5.41, 5.74) is 1.03. The van der Waals surface area contributed by atoms with E-state index in [1.807, 2.05) is 0 Å². The van der Waals surface area contributed by atoms with Crippen molar-refractivity contribution in [2.24, 2.45) is 0 Å². The Morgan fingerprint density at radius 2 is 1.68 bits per heavy atom. The van der Waals surface area contributed by atoms with Crippen LogP contribution in [-0.2, 0) is 20.7 Å². The van der Waals surface area contributed by atoms with Gasteiger partial charge < -0.3 is 30.5 Å². The number of rotatable bonds is 11. The molecule has 2 aromatic carbocycles. The average molecular weight is 528 g/mol. The summed E-state index contributed by atoms with van der Waals surface area (Å²) >= 11 is 0. The third kappa shape index (κ3) is 9.28. The molecule has 0 bridgehead atoms. The highest BCUT2D eigenvalue weighted by molar-refractivity contribution is 5.92. The van der Waals surface area contributed by atoms with Crippen molar-refractivity contribution in [1.82, 2.24) is 15.5 Å². The number of ether oxygens (including phenoxy) is 1. The van der Waals surface area contributed by atoms with Crippen molar-refractivity contribution in [3.8, 4) is 11.5 Å². The van der Waals surface area contributed by atoms with Crippen LogP contribution in [0.3, 0.4) is 0 Å². The molecule has 2 atom stereocenters. The zero-order chi connectivity index (χ0) is 28.5. The minimum Gasteiger partial charge on any atom is -0.508 e. The third-order valence-corrected chi connectivity index (χ3v) is 5.96. The first-order valence-electron chi connectivity index (χ1n) is 12.9. The number of benzene rings is 2. The summed E-state index contributed by atoms with van der Waals surface area (Å²) in [5, 5.41) is 25.2. The zero-order valence-electron chi connectivity index (χ0n) is 23.2. The molecule has 0 aromatic heterocycles. The first kappa shape index (κ1) is 30.5. The van der Waals surface area contributed by atoms with Gasteiger partial charge in [-0.15, -0.1) is 0 Å². The highest BCUT2D eigenvalue weighted by atomic mass is 16.6. The van der Waals surface area contributed by atoms with E-state index in [-0.39, 0.29) is 23.8 Å². The van der Waals surface area contributed by atoms with Crippen molar-refractivity contribution in [2.45, 2.75) is 78.0 Å². The van der Waals surface area contributed by atoms with Gasteiger partial charge in [-0.2, -0.15) is 0 Å². The SMILES string of the molecule is CCCCCNC(=O)C(c1ccc(O)c(C)c1)N(C)C(=O)C(Cc1ccc(O)cc1)NC(=O)OC(C)(C)C. The summed E-state index contributed by atoms with van der Waals surface area (Å²) < 4.78 is 5.38. The van der Waals surface area contributed by atoms with Gasteiger partial charge in [0, 0.05) is 20.0 Å². The number of amides is 3. The normalized spacial score (nSPS) is 12.8. The number of aromatic hydroxyl groups is 2. The van der Waals surface area contributed by atoms with Crippen molar-refractivity contribution >= 4 is 17.9 Å². The lowest BCUT2D eigenvalue weighted by molar-refractivity contribution is -0.140. The van der Waals surface area contributed by atoms with E-state index >= 15 is 0 Å². The maximum Gasteiger partial charge on any atom is 0.408 e. The zero-order valence-corrected chi connectivity index (χ0v) is 23.2. The average Bonchev–Trinajstić information content (AvgIpc) is 2.83. The number of nitrogens with one attached hydrogen (secondary N) is 2. The number of alkyl carbamates (subject to hydrolysis) is 1. The predicted molar refractivity (Wildman–Crippen MR) is 146 cm³/mol. The van der Waals surface area contributed by atoms with E-state index in [4.69, 9.17) is 4.74 Å². The van der Waals surface area contributed by atoms with Crippen molar-refractivity contribution < 1.29 is 29.3 Å². The Morgan fingerprint density at radius 3 is 2.26 bits per heavy atom. The Kier molecular flexibility index (Phi) is 11.0. The summed E-state index contributed by atoms with van der Waals surface area (Å²) in [6.07, 6.45) is 2.13. The topological polar surface area (TPSA) is 128 Å². The number of carbonyl (C=O) groups is 3. The number of likely N-dealkylation sites (N-methyl/N-ethyl adjacent to an activating group) is 1. The Morgan fingerprint density at radius 1 is 1.03 bits per heavy atom. The van der Waals surface area contributed by atoms with Gasteiger partial charge in [-0.05, 0) is 75.1 Å². The minimum absolute atomic E-state index is 0.0800. The lowest BCUT2D eigenvalue weighted by Crippen LogP contribution is -2.52. The predicted octanol–water partition coefficient (Wildman–Crippen LogP) is 4.35. The van der Waals surface area contributed by atoms with Gasteiger partial charge in [-0.3, -0.25) is 9.59 Å². The summed E-state index contributed by atoms with van der Waals surface area (Å²) in [6.45, 7) is 9.43. The molecule has 2 rings (SSSR count). The molecule has 0 aliphatic rings. The number of phenols is 2. The van der Waals surface area contributed by atoms with Gasteiger partial charge in [0.2, 0.25) is 11.8 Å². The van der Waals surface area contributed by atoms with E-state index in [2.05, 4.69) is 17.6 Å². The molecule has 0 spiro atoms. The van der Waals surface area contributed by atoms with Crippen LogP contribution in [-0.4, -0.2) is 58.3 Å². The van der Waals surface area contributed by atoms with Crippen LogP contribution in [0.2, 0.25) is 0 Å². The van der Waals surface area contributed by atoms with Crippen LogP contribution in [0.25, 0.3) is 0 Å². The van der Waals surface area contributed by atoms with Crippen molar-refractivity contribution in [3.63, 3.8) is 0 Å². The monoisotopic (exact) mass is 527 g/mol. The highest BCUT2D eigenvalue weighted by Crippen LogP contribution is 2.26. The van der Waals surface area contributed by atoms with Crippen molar-refractivity contribution in [2.75, 3.05) is 13.6 Å². The second-order valence-corrected chi connectivity index (χ2v) is 10.5. The van der Waals surface area contributed by atoms with Gasteiger partial charge in [0.25, 0.3) is 0 Å². The summed E-state index contributed by atoms with van der Waals surface area (Å²) in [4.78, 5) is 41.2.